The molecule has 2 N–H and O–H groups in total. The van der Waals surface area contributed by atoms with Crippen molar-refractivity contribution in [2.75, 3.05) is 13.1 Å². The van der Waals surface area contributed by atoms with Crippen molar-refractivity contribution < 1.29 is 14.7 Å². The van der Waals surface area contributed by atoms with Gasteiger partial charge in [0.25, 0.3) is 5.91 Å². The minimum Gasteiger partial charge on any atom is -0.379 e. The molecule has 0 aromatic rings. The maximum atomic E-state index is 11.9. The molecule has 0 bridgehead atoms. The molecule has 5 heteroatoms. The second-order valence-electron chi connectivity index (χ2n) is 4.65. The van der Waals surface area contributed by atoms with Gasteiger partial charge in [-0.25, -0.2) is 0 Å². The van der Waals surface area contributed by atoms with Crippen molar-refractivity contribution in [3.8, 4) is 0 Å². The first-order valence-electron chi connectivity index (χ1n) is 5.86. The number of carbonyl (C=O) groups is 2. The van der Waals surface area contributed by atoms with E-state index in [1.165, 1.54) is 11.0 Å². The lowest BCUT2D eigenvalue weighted by Crippen LogP contribution is -2.59. The summed E-state index contributed by atoms with van der Waals surface area (Å²) in [7, 11) is 0. The normalized spacial score (nSPS) is 22.2. The van der Waals surface area contributed by atoms with Crippen LogP contribution in [0.1, 0.15) is 20.3 Å². The van der Waals surface area contributed by atoms with Crippen LogP contribution in [0.25, 0.3) is 0 Å². The Morgan fingerprint density at radius 1 is 1.71 bits per heavy atom. The van der Waals surface area contributed by atoms with Gasteiger partial charge in [0.05, 0.1) is 0 Å². The number of aliphatic hydroxyl groups excluding tert-OH is 1. The SMILES string of the molecule is C=C[C@@H](O)C(=O)N1CCNC(=O)[C@@H]1CC(C)C. The zero-order chi connectivity index (χ0) is 13.0. The number of hydrogen-bond acceptors (Lipinski definition) is 3. The highest BCUT2D eigenvalue weighted by Crippen LogP contribution is 2.15. The number of nitrogens with zero attached hydrogens (tertiary/aromatic N) is 1. The van der Waals surface area contributed by atoms with Gasteiger partial charge in [0.2, 0.25) is 5.91 Å². The summed E-state index contributed by atoms with van der Waals surface area (Å²) in [4.78, 5) is 25.1. The second-order valence-corrected chi connectivity index (χ2v) is 4.65. The third-order valence-electron chi connectivity index (χ3n) is 2.78. The number of aliphatic hydroxyl groups is 1. The zero-order valence-electron chi connectivity index (χ0n) is 10.3. The van der Waals surface area contributed by atoms with Gasteiger partial charge in [0, 0.05) is 13.1 Å². The number of hydrogen-bond donors (Lipinski definition) is 2. The molecule has 0 aromatic heterocycles. The molecule has 1 aliphatic rings. The van der Waals surface area contributed by atoms with E-state index < -0.39 is 18.1 Å². The highest BCUT2D eigenvalue weighted by Gasteiger charge is 2.35. The Morgan fingerprint density at radius 2 is 2.35 bits per heavy atom. The maximum Gasteiger partial charge on any atom is 0.256 e. The highest BCUT2D eigenvalue weighted by molar-refractivity contribution is 5.91. The van der Waals surface area contributed by atoms with Gasteiger partial charge in [0.15, 0.2) is 6.10 Å². The lowest BCUT2D eigenvalue weighted by molar-refractivity contribution is -0.148. The smallest absolute Gasteiger partial charge is 0.256 e. The Morgan fingerprint density at radius 3 is 2.88 bits per heavy atom. The molecular weight excluding hydrogens is 220 g/mol. The Hall–Kier alpha value is -1.36. The summed E-state index contributed by atoms with van der Waals surface area (Å²) in [5.41, 5.74) is 0. The Balaban J connectivity index is 2.81. The molecule has 0 aromatic carbocycles. The van der Waals surface area contributed by atoms with E-state index in [1.807, 2.05) is 13.8 Å². The Kier molecular flexibility index (Phi) is 4.69. The number of rotatable bonds is 4. The first-order chi connectivity index (χ1) is 7.97. The lowest BCUT2D eigenvalue weighted by Gasteiger charge is -2.36. The molecule has 0 unspecified atom stereocenters. The van der Waals surface area contributed by atoms with E-state index in [9.17, 15) is 14.7 Å². The average molecular weight is 240 g/mol. The summed E-state index contributed by atoms with van der Waals surface area (Å²) in [6.45, 7) is 8.24. The number of carbonyl (C=O) groups excluding carboxylic acids is 2. The van der Waals surface area contributed by atoms with Crippen molar-refractivity contribution in [1.82, 2.24) is 10.2 Å². The van der Waals surface area contributed by atoms with Crippen molar-refractivity contribution in [2.45, 2.75) is 32.4 Å². The van der Waals surface area contributed by atoms with Gasteiger partial charge < -0.3 is 15.3 Å². The molecule has 5 nitrogen and oxygen atoms in total. The van der Waals surface area contributed by atoms with Crippen LogP contribution in [0.4, 0.5) is 0 Å². The summed E-state index contributed by atoms with van der Waals surface area (Å²) in [6, 6.07) is -0.481. The summed E-state index contributed by atoms with van der Waals surface area (Å²) in [5.74, 6) is -0.282. The fourth-order valence-corrected chi connectivity index (χ4v) is 1.93. The van der Waals surface area contributed by atoms with Crippen LogP contribution in [-0.2, 0) is 9.59 Å². The molecule has 1 heterocycles. The highest BCUT2D eigenvalue weighted by atomic mass is 16.3. The fourth-order valence-electron chi connectivity index (χ4n) is 1.93. The first-order valence-corrected chi connectivity index (χ1v) is 5.86. The topological polar surface area (TPSA) is 69.6 Å². The number of piperazine rings is 1. The average Bonchev–Trinajstić information content (AvgIpc) is 2.29. The molecule has 1 saturated heterocycles. The van der Waals surface area contributed by atoms with E-state index >= 15 is 0 Å². The van der Waals surface area contributed by atoms with Crippen LogP contribution in [-0.4, -0.2) is 47.1 Å². The van der Waals surface area contributed by atoms with E-state index in [0.29, 0.717) is 25.4 Å². The largest absolute Gasteiger partial charge is 0.379 e. The van der Waals surface area contributed by atoms with Crippen molar-refractivity contribution in [2.24, 2.45) is 5.92 Å². The van der Waals surface area contributed by atoms with E-state index in [0.717, 1.165) is 0 Å². The van der Waals surface area contributed by atoms with Gasteiger partial charge in [-0.15, -0.1) is 0 Å². The van der Waals surface area contributed by atoms with Gasteiger partial charge in [-0.3, -0.25) is 9.59 Å². The third kappa shape index (κ3) is 3.30. The molecule has 1 fully saturated rings. The summed E-state index contributed by atoms with van der Waals surface area (Å²) >= 11 is 0. The third-order valence-corrected chi connectivity index (χ3v) is 2.78. The number of amides is 2. The predicted molar refractivity (Wildman–Crippen MR) is 64.2 cm³/mol. The molecule has 1 aliphatic heterocycles. The molecule has 17 heavy (non-hydrogen) atoms. The van der Waals surface area contributed by atoms with Crippen molar-refractivity contribution in [3.05, 3.63) is 12.7 Å². The van der Waals surface area contributed by atoms with Crippen LogP contribution in [0.3, 0.4) is 0 Å². The quantitative estimate of drug-likeness (QED) is 0.675. The summed E-state index contributed by atoms with van der Waals surface area (Å²) in [5, 5.41) is 12.2. The molecule has 96 valence electrons. The summed E-state index contributed by atoms with van der Waals surface area (Å²) < 4.78 is 0. The van der Waals surface area contributed by atoms with Crippen LogP contribution in [0.5, 0.6) is 0 Å². The predicted octanol–water partition coefficient (Wildman–Crippen LogP) is -0.0936. The molecule has 0 radical (unpaired) electrons. The van der Waals surface area contributed by atoms with E-state index in [1.54, 1.807) is 0 Å². The van der Waals surface area contributed by atoms with E-state index in [-0.39, 0.29) is 5.91 Å². The van der Waals surface area contributed by atoms with Crippen molar-refractivity contribution in [1.29, 1.82) is 0 Å². The first kappa shape index (κ1) is 13.7. The second kappa shape index (κ2) is 5.82. The maximum absolute atomic E-state index is 11.9. The van der Waals surface area contributed by atoms with Gasteiger partial charge in [0.1, 0.15) is 6.04 Å². The van der Waals surface area contributed by atoms with Crippen molar-refractivity contribution in [3.63, 3.8) is 0 Å². The number of nitrogens with one attached hydrogen (secondary N) is 1. The minimum absolute atomic E-state index is 0.144. The van der Waals surface area contributed by atoms with Gasteiger partial charge in [-0.05, 0) is 12.3 Å². The lowest BCUT2D eigenvalue weighted by atomic mass is 9.99. The zero-order valence-corrected chi connectivity index (χ0v) is 10.3. The minimum atomic E-state index is -1.23. The molecule has 0 spiro atoms. The fraction of sp³-hybridized carbons (Fsp3) is 0.667. The standard InChI is InChI=1S/C12H20N2O3/c1-4-10(15)12(17)14-6-5-13-11(16)9(14)7-8(2)3/h4,8-10,15H,1,5-7H2,2-3H3,(H,13,16)/t9-,10+/m0/s1. The van der Waals surface area contributed by atoms with E-state index in [2.05, 4.69) is 11.9 Å². The molecule has 2 amide bonds. The van der Waals surface area contributed by atoms with Crippen LogP contribution in [0.15, 0.2) is 12.7 Å². The molecule has 0 saturated carbocycles. The van der Waals surface area contributed by atoms with Gasteiger partial charge >= 0.3 is 0 Å². The van der Waals surface area contributed by atoms with Crippen LogP contribution in [0, 0.1) is 5.92 Å². The van der Waals surface area contributed by atoms with E-state index in [4.69, 9.17) is 0 Å². The Bertz CT molecular complexity index is 315. The molecule has 1 rings (SSSR count). The van der Waals surface area contributed by atoms with Crippen LogP contribution < -0.4 is 5.32 Å². The molecule has 2 atom stereocenters. The van der Waals surface area contributed by atoms with Crippen LogP contribution >= 0.6 is 0 Å². The molecular formula is C12H20N2O3. The monoisotopic (exact) mass is 240 g/mol. The van der Waals surface area contributed by atoms with Gasteiger partial charge in [-0.2, -0.15) is 0 Å². The van der Waals surface area contributed by atoms with Gasteiger partial charge in [-0.1, -0.05) is 26.5 Å². The van der Waals surface area contributed by atoms with Crippen LogP contribution in [0.2, 0.25) is 0 Å². The Labute approximate surface area is 101 Å². The van der Waals surface area contributed by atoms with Crippen molar-refractivity contribution >= 4 is 11.8 Å². The summed E-state index contributed by atoms with van der Waals surface area (Å²) in [6.07, 6.45) is 0.554. The molecule has 0 aliphatic carbocycles.